The Morgan fingerprint density at radius 3 is 2.58 bits per heavy atom. The Hall–Kier alpha value is -1.90. The monoisotopic (exact) mass is 467 g/mol. The van der Waals surface area contributed by atoms with Crippen LogP contribution < -0.4 is 5.32 Å². The Morgan fingerprint density at radius 1 is 1.15 bits per heavy atom. The van der Waals surface area contributed by atoms with Gasteiger partial charge in [-0.3, -0.25) is 14.4 Å². The third kappa shape index (κ3) is 2.52. The number of fused-ring (bicyclic) bond motifs is 4. The maximum Gasteiger partial charge on any atom is 0.471 e. The van der Waals surface area contributed by atoms with Crippen molar-refractivity contribution in [1.29, 1.82) is 0 Å². The van der Waals surface area contributed by atoms with Gasteiger partial charge in [-0.15, -0.1) is 0 Å². The molecule has 9 heteroatoms. The molecule has 2 heterocycles. The number of carbonyl (C=O) groups excluding carboxylic acids is 3. The summed E-state index contributed by atoms with van der Waals surface area (Å²) < 4.78 is 52.2. The number of hydrogen-bond acceptors (Lipinski definition) is 5. The zero-order chi connectivity index (χ0) is 23.6. The third-order valence-corrected chi connectivity index (χ3v) is 10.3. The molecule has 3 saturated carbocycles. The lowest BCUT2D eigenvalue weighted by molar-refractivity contribution is -0.177. The number of rotatable bonds is 1. The fourth-order valence-corrected chi connectivity index (χ4v) is 8.70. The molecule has 2 aliphatic heterocycles. The fraction of sp³-hybridized carbons (Fsp3) is 0.792. The quantitative estimate of drug-likeness (QED) is 0.472. The van der Waals surface area contributed by atoms with Crippen LogP contribution in [0.1, 0.15) is 65.2 Å². The number of epoxide rings is 1. The van der Waals surface area contributed by atoms with Crippen molar-refractivity contribution in [3.63, 3.8) is 0 Å². The Kier molecular flexibility index (Phi) is 4.06. The number of nitrogens with one attached hydrogen (secondary N) is 1. The molecule has 2 saturated heterocycles. The molecule has 0 radical (unpaired) electrons. The standard InChI is InChI=1S/C24H28F3NO5/c1-20-6-3-13(29)9-12(20)10-15(28-19(31)24(25,26)27)18-14-4-7-22(8-5-17(30)33-22)21(14,2)11-16-23(18,20)32-16/h9,14-16,18H,3-8,10-11H2,1-2H3,(H,28,31)/t14?,15-,16+,18?,20+,21+,22-,23?/m1/s1. The topological polar surface area (TPSA) is 85.0 Å². The molecule has 3 unspecified atom stereocenters. The zero-order valence-electron chi connectivity index (χ0n) is 18.7. The first-order valence-electron chi connectivity index (χ1n) is 11.9. The van der Waals surface area contributed by atoms with Gasteiger partial charge in [-0.05, 0) is 50.5 Å². The van der Waals surface area contributed by atoms with E-state index in [0.717, 1.165) is 5.57 Å². The highest BCUT2D eigenvalue weighted by molar-refractivity contribution is 5.92. The summed E-state index contributed by atoms with van der Waals surface area (Å²) in [4.78, 5) is 36.4. The molecule has 8 atom stereocenters. The van der Waals surface area contributed by atoms with Crippen LogP contribution in [0.15, 0.2) is 11.6 Å². The van der Waals surface area contributed by atoms with E-state index in [-0.39, 0.29) is 36.1 Å². The predicted octanol–water partition coefficient (Wildman–Crippen LogP) is 3.38. The SMILES string of the molecule is C[C@]12CCC(=O)C=C1C[C@@H](NC(=O)C(F)(F)F)C1C3CC[C@@]4(CCC(=O)O4)[C@@]3(C)C[C@@H]3OC132. The number of halogens is 3. The van der Waals surface area contributed by atoms with Gasteiger partial charge in [-0.2, -0.15) is 13.2 Å². The van der Waals surface area contributed by atoms with E-state index < -0.39 is 40.2 Å². The first kappa shape index (κ1) is 21.6. The summed E-state index contributed by atoms with van der Waals surface area (Å²) in [5.41, 5.74) is -1.43. The van der Waals surface area contributed by atoms with E-state index in [0.29, 0.717) is 44.9 Å². The molecule has 6 rings (SSSR count). The number of ketones is 1. The number of hydrogen-bond donors (Lipinski definition) is 1. The summed E-state index contributed by atoms with van der Waals surface area (Å²) >= 11 is 0. The summed E-state index contributed by atoms with van der Waals surface area (Å²) in [7, 11) is 0. The molecule has 5 fully saturated rings. The molecule has 6 aliphatic rings. The van der Waals surface area contributed by atoms with Gasteiger partial charge in [0.05, 0.1) is 6.10 Å². The minimum Gasteiger partial charge on any atom is -0.458 e. The normalized spacial score (nSPS) is 50.0. The first-order chi connectivity index (χ1) is 15.4. The molecule has 0 aromatic rings. The van der Waals surface area contributed by atoms with Gasteiger partial charge in [0.1, 0.15) is 11.2 Å². The van der Waals surface area contributed by atoms with Crippen LogP contribution in [0, 0.1) is 22.7 Å². The summed E-state index contributed by atoms with van der Waals surface area (Å²) in [5, 5.41) is 2.29. The molecule has 0 aromatic heterocycles. The van der Waals surface area contributed by atoms with Gasteiger partial charge in [-0.25, -0.2) is 0 Å². The number of carbonyl (C=O) groups is 3. The van der Waals surface area contributed by atoms with E-state index in [9.17, 15) is 27.6 Å². The van der Waals surface area contributed by atoms with Crippen molar-refractivity contribution in [2.75, 3.05) is 0 Å². The molecule has 6 nitrogen and oxygen atoms in total. The molecule has 1 amide bonds. The van der Waals surface area contributed by atoms with Crippen LogP contribution >= 0.6 is 0 Å². The smallest absolute Gasteiger partial charge is 0.458 e. The van der Waals surface area contributed by atoms with Crippen molar-refractivity contribution >= 4 is 17.7 Å². The molecule has 2 spiro atoms. The van der Waals surface area contributed by atoms with Gasteiger partial charge < -0.3 is 14.8 Å². The van der Waals surface area contributed by atoms with Crippen molar-refractivity contribution in [3.05, 3.63) is 11.6 Å². The molecule has 0 bridgehead atoms. The Labute approximate surface area is 189 Å². The Morgan fingerprint density at radius 2 is 1.91 bits per heavy atom. The number of alkyl halides is 3. The first-order valence-corrected chi connectivity index (χ1v) is 11.9. The fourth-order valence-electron chi connectivity index (χ4n) is 8.70. The van der Waals surface area contributed by atoms with Crippen molar-refractivity contribution < 1.29 is 37.0 Å². The Bertz CT molecular complexity index is 1010. The van der Waals surface area contributed by atoms with Crippen molar-refractivity contribution in [3.8, 4) is 0 Å². The van der Waals surface area contributed by atoms with Crippen LogP contribution in [-0.2, 0) is 23.9 Å². The van der Waals surface area contributed by atoms with E-state index in [4.69, 9.17) is 9.47 Å². The van der Waals surface area contributed by atoms with E-state index >= 15 is 0 Å². The third-order valence-electron chi connectivity index (χ3n) is 10.3. The van der Waals surface area contributed by atoms with E-state index in [2.05, 4.69) is 19.2 Å². The molecular formula is C24H28F3NO5. The van der Waals surface area contributed by atoms with Crippen LogP contribution in [-0.4, -0.2) is 47.2 Å². The van der Waals surface area contributed by atoms with E-state index in [1.807, 2.05) is 0 Å². The lowest BCUT2D eigenvalue weighted by atomic mass is 9.45. The van der Waals surface area contributed by atoms with Gasteiger partial charge >= 0.3 is 18.1 Å². The maximum atomic E-state index is 13.3. The second-order valence-corrected chi connectivity index (χ2v) is 11.4. The molecule has 1 N–H and O–H groups in total. The average molecular weight is 467 g/mol. The van der Waals surface area contributed by atoms with Gasteiger partial charge in [0.2, 0.25) is 0 Å². The Balaban J connectivity index is 1.45. The summed E-state index contributed by atoms with van der Waals surface area (Å²) in [6, 6.07) is -0.800. The second-order valence-electron chi connectivity index (χ2n) is 11.4. The van der Waals surface area contributed by atoms with Gasteiger partial charge in [0.25, 0.3) is 0 Å². The van der Waals surface area contributed by atoms with Crippen LogP contribution in [0.4, 0.5) is 13.2 Å². The molecule has 180 valence electrons. The van der Waals surface area contributed by atoms with Crippen molar-refractivity contribution in [2.45, 2.75) is 94.7 Å². The number of amides is 1. The van der Waals surface area contributed by atoms with Gasteiger partial charge in [0, 0.05) is 35.6 Å². The number of ether oxygens (including phenoxy) is 2. The van der Waals surface area contributed by atoms with Crippen LogP contribution in [0.2, 0.25) is 0 Å². The maximum absolute atomic E-state index is 13.3. The van der Waals surface area contributed by atoms with E-state index in [1.165, 1.54) is 0 Å². The minimum atomic E-state index is -5.00. The summed E-state index contributed by atoms with van der Waals surface area (Å²) in [6.45, 7) is 4.17. The lowest BCUT2D eigenvalue weighted by Crippen LogP contribution is -2.66. The summed E-state index contributed by atoms with van der Waals surface area (Å²) in [5.74, 6) is -2.62. The lowest BCUT2D eigenvalue weighted by Gasteiger charge is -2.59. The van der Waals surface area contributed by atoms with E-state index in [1.54, 1.807) is 6.08 Å². The van der Waals surface area contributed by atoms with Crippen molar-refractivity contribution in [2.24, 2.45) is 22.7 Å². The van der Waals surface area contributed by atoms with Gasteiger partial charge in [0.15, 0.2) is 5.78 Å². The van der Waals surface area contributed by atoms with Crippen LogP contribution in [0.5, 0.6) is 0 Å². The average Bonchev–Trinajstić information content (AvgIpc) is 3.21. The number of esters is 1. The molecule has 33 heavy (non-hydrogen) atoms. The highest BCUT2D eigenvalue weighted by Crippen LogP contribution is 2.77. The van der Waals surface area contributed by atoms with Crippen LogP contribution in [0.25, 0.3) is 0 Å². The van der Waals surface area contributed by atoms with Crippen molar-refractivity contribution in [1.82, 2.24) is 5.32 Å². The van der Waals surface area contributed by atoms with Gasteiger partial charge in [-0.1, -0.05) is 19.4 Å². The largest absolute Gasteiger partial charge is 0.471 e. The second kappa shape index (κ2) is 6.20. The molecule has 4 aliphatic carbocycles. The molecule has 0 aromatic carbocycles. The highest BCUT2D eigenvalue weighted by Gasteiger charge is 2.83. The minimum absolute atomic E-state index is 0.0336. The van der Waals surface area contributed by atoms with Crippen LogP contribution in [0.3, 0.4) is 0 Å². The zero-order valence-corrected chi connectivity index (χ0v) is 18.7. The predicted molar refractivity (Wildman–Crippen MR) is 108 cm³/mol. The molecular weight excluding hydrogens is 439 g/mol. The summed E-state index contributed by atoms with van der Waals surface area (Å²) in [6.07, 6.45) is 0.561. The highest BCUT2D eigenvalue weighted by atomic mass is 19.4.